The lowest BCUT2D eigenvalue weighted by molar-refractivity contribution is 0.266. The number of nitrogens with one attached hydrogen (secondary N) is 1. The van der Waals surface area contributed by atoms with Gasteiger partial charge in [-0.3, -0.25) is 5.10 Å². The molecule has 1 aliphatic carbocycles. The predicted octanol–water partition coefficient (Wildman–Crippen LogP) is 0.829. The zero-order valence-corrected chi connectivity index (χ0v) is 7.67. The maximum atomic E-state index is 4.05. The zero-order chi connectivity index (χ0) is 8.55. The van der Waals surface area contributed by atoms with Gasteiger partial charge >= 0.3 is 0 Å². The van der Waals surface area contributed by atoms with Crippen LogP contribution in [-0.4, -0.2) is 35.2 Å². The fourth-order valence-corrected chi connectivity index (χ4v) is 1.83. The largest absolute Gasteiger partial charge is 0.306 e. The third-order valence-corrected chi connectivity index (χ3v) is 2.72. The van der Waals surface area contributed by atoms with Crippen LogP contribution in [0.15, 0.2) is 6.20 Å². The highest BCUT2D eigenvalue weighted by atomic mass is 15.1. The molecule has 1 aromatic rings. The molecule has 1 aliphatic rings. The molecule has 1 atom stereocenters. The first-order valence-corrected chi connectivity index (χ1v) is 4.45. The maximum absolute atomic E-state index is 4.05. The molecule has 3 nitrogen and oxygen atoms in total. The quantitative estimate of drug-likeness (QED) is 0.668. The number of likely N-dealkylation sites (N-methyl/N-ethyl adjacent to an activating group) is 1. The number of H-pyrrole nitrogens is 1. The van der Waals surface area contributed by atoms with Crippen molar-refractivity contribution >= 4 is 0 Å². The van der Waals surface area contributed by atoms with E-state index < -0.39 is 0 Å². The first-order chi connectivity index (χ1) is 5.77. The van der Waals surface area contributed by atoms with Crippen LogP contribution in [0.1, 0.15) is 17.7 Å². The number of hydrogen-bond acceptors (Lipinski definition) is 2. The van der Waals surface area contributed by atoms with Crippen LogP contribution < -0.4 is 0 Å². The van der Waals surface area contributed by atoms with E-state index in [4.69, 9.17) is 0 Å². The van der Waals surface area contributed by atoms with Gasteiger partial charge in [0, 0.05) is 18.2 Å². The van der Waals surface area contributed by atoms with Crippen molar-refractivity contribution in [2.24, 2.45) is 0 Å². The standard InChI is InChI=1S/C9H15N3/c1-12(2)8-4-3-7-6-10-11-9(7)5-8/h6,8H,3-5H2,1-2H3,(H,10,11). The normalized spacial score (nSPS) is 22.8. The first-order valence-electron chi connectivity index (χ1n) is 4.45. The fraction of sp³-hybridized carbons (Fsp3) is 0.667. The molecule has 3 heteroatoms. The molecule has 1 N–H and O–H groups in total. The summed E-state index contributed by atoms with van der Waals surface area (Å²) in [5.74, 6) is 0. The number of aryl methyl sites for hydroxylation is 1. The molecule has 0 spiro atoms. The summed E-state index contributed by atoms with van der Waals surface area (Å²) in [5.41, 5.74) is 2.74. The van der Waals surface area contributed by atoms with Crippen molar-refractivity contribution < 1.29 is 0 Å². The molecule has 66 valence electrons. The lowest BCUT2D eigenvalue weighted by atomic mass is 9.93. The van der Waals surface area contributed by atoms with Crippen LogP contribution in [0.3, 0.4) is 0 Å². The van der Waals surface area contributed by atoms with Gasteiger partial charge in [0.25, 0.3) is 0 Å². The molecule has 0 saturated heterocycles. The minimum Gasteiger partial charge on any atom is -0.306 e. The van der Waals surface area contributed by atoms with Gasteiger partial charge in [-0.2, -0.15) is 5.10 Å². The summed E-state index contributed by atoms with van der Waals surface area (Å²) in [6.07, 6.45) is 5.53. The average Bonchev–Trinajstić information content (AvgIpc) is 2.49. The molecule has 0 fully saturated rings. The van der Waals surface area contributed by atoms with E-state index in [-0.39, 0.29) is 0 Å². The van der Waals surface area contributed by atoms with Gasteiger partial charge in [-0.1, -0.05) is 0 Å². The second kappa shape index (κ2) is 2.90. The molecule has 1 heterocycles. The monoisotopic (exact) mass is 165 g/mol. The van der Waals surface area contributed by atoms with Crippen molar-refractivity contribution in [3.05, 3.63) is 17.5 Å². The number of aromatic nitrogens is 2. The highest BCUT2D eigenvalue weighted by Gasteiger charge is 2.20. The SMILES string of the molecule is CN(C)C1CCc2cn[nH]c2C1. The minimum atomic E-state index is 0.693. The predicted molar refractivity (Wildman–Crippen MR) is 48.1 cm³/mol. The Hall–Kier alpha value is -0.830. The second-order valence-electron chi connectivity index (χ2n) is 3.73. The number of aromatic amines is 1. The van der Waals surface area contributed by atoms with Gasteiger partial charge in [0.15, 0.2) is 0 Å². The summed E-state index contributed by atoms with van der Waals surface area (Å²) < 4.78 is 0. The molecule has 12 heavy (non-hydrogen) atoms. The Morgan fingerprint density at radius 1 is 1.58 bits per heavy atom. The van der Waals surface area contributed by atoms with Crippen LogP contribution in [0.4, 0.5) is 0 Å². The lowest BCUT2D eigenvalue weighted by Crippen LogP contribution is -2.33. The van der Waals surface area contributed by atoms with Crippen molar-refractivity contribution in [1.82, 2.24) is 15.1 Å². The van der Waals surface area contributed by atoms with Gasteiger partial charge in [0.05, 0.1) is 6.20 Å². The maximum Gasteiger partial charge on any atom is 0.0522 e. The van der Waals surface area contributed by atoms with Crippen LogP contribution in [0.5, 0.6) is 0 Å². The van der Waals surface area contributed by atoms with E-state index in [2.05, 4.69) is 29.2 Å². The summed E-state index contributed by atoms with van der Waals surface area (Å²) in [7, 11) is 4.29. The van der Waals surface area contributed by atoms with Crippen LogP contribution >= 0.6 is 0 Å². The highest BCUT2D eigenvalue weighted by molar-refractivity contribution is 5.20. The van der Waals surface area contributed by atoms with Crippen molar-refractivity contribution in [2.45, 2.75) is 25.3 Å². The van der Waals surface area contributed by atoms with Gasteiger partial charge in [0.1, 0.15) is 0 Å². The van der Waals surface area contributed by atoms with Crippen LogP contribution in [0.2, 0.25) is 0 Å². The average molecular weight is 165 g/mol. The van der Waals surface area contributed by atoms with E-state index in [1.807, 2.05) is 6.20 Å². The molecule has 1 unspecified atom stereocenters. The molecular formula is C9H15N3. The topological polar surface area (TPSA) is 31.9 Å². The Morgan fingerprint density at radius 2 is 2.42 bits per heavy atom. The fourth-order valence-electron chi connectivity index (χ4n) is 1.83. The molecule has 0 radical (unpaired) electrons. The third kappa shape index (κ3) is 1.25. The van der Waals surface area contributed by atoms with E-state index in [9.17, 15) is 0 Å². The summed E-state index contributed by atoms with van der Waals surface area (Å²) in [4.78, 5) is 2.30. The van der Waals surface area contributed by atoms with Crippen molar-refractivity contribution in [3.8, 4) is 0 Å². The smallest absolute Gasteiger partial charge is 0.0522 e. The first kappa shape index (κ1) is 7.80. The Kier molecular flexibility index (Phi) is 1.89. The zero-order valence-electron chi connectivity index (χ0n) is 7.67. The summed E-state index contributed by atoms with van der Waals surface area (Å²) in [5, 5.41) is 7.12. The minimum absolute atomic E-state index is 0.693. The van der Waals surface area contributed by atoms with Gasteiger partial charge in [-0.15, -0.1) is 0 Å². The highest BCUT2D eigenvalue weighted by Crippen LogP contribution is 2.20. The molecule has 0 aliphatic heterocycles. The van der Waals surface area contributed by atoms with Crippen LogP contribution in [0.25, 0.3) is 0 Å². The number of hydrogen-bond donors (Lipinski definition) is 1. The summed E-state index contributed by atoms with van der Waals surface area (Å²) in [6, 6.07) is 0.693. The van der Waals surface area contributed by atoms with Gasteiger partial charge in [0.2, 0.25) is 0 Å². The number of nitrogens with zero attached hydrogens (tertiary/aromatic N) is 2. The van der Waals surface area contributed by atoms with Crippen LogP contribution in [-0.2, 0) is 12.8 Å². The molecule has 0 bridgehead atoms. The molecular weight excluding hydrogens is 150 g/mol. The summed E-state index contributed by atoms with van der Waals surface area (Å²) >= 11 is 0. The second-order valence-corrected chi connectivity index (χ2v) is 3.73. The Morgan fingerprint density at radius 3 is 3.17 bits per heavy atom. The van der Waals surface area contributed by atoms with Gasteiger partial charge in [-0.25, -0.2) is 0 Å². The molecule has 1 aromatic heterocycles. The van der Waals surface area contributed by atoms with Crippen molar-refractivity contribution in [2.75, 3.05) is 14.1 Å². The molecule has 2 rings (SSSR count). The summed E-state index contributed by atoms with van der Waals surface area (Å²) in [6.45, 7) is 0. The molecule has 0 amide bonds. The third-order valence-electron chi connectivity index (χ3n) is 2.72. The van der Waals surface area contributed by atoms with Gasteiger partial charge in [-0.05, 0) is 32.5 Å². The van der Waals surface area contributed by atoms with Crippen molar-refractivity contribution in [1.29, 1.82) is 0 Å². The molecule has 0 aromatic carbocycles. The molecule has 0 saturated carbocycles. The van der Waals surface area contributed by atoms with E-state index >= 15 is 0 Å². The van der Waals surface area contributed by atoms with E-state index in [1.54, 1.807) is 0 Å². The van der Waals surface area contributed by atoms with E-state index in [1.165, 1.54) is 24.1 Å². The lowest BCUT2D eigenvalue weighted by Gasteiger charge is -2.27. The van der Waals surface area contributed by atoms with E-state index in [0.29, 0.717) is 6.04 Å². The van der Waals surface area contributed by atoms with Crippen molar-refractivity contribution in [3.63, 3.8) is 0 Å². The Bertz CT molecular complexity index is 264. The Labute approximate surface area is 72.8 Å². The van der Waals surface area contributed by atoms with Crippen LogP contribution in [0, 0.1) is 0 Å². The number of rotatable bonds is 1. The number of fused-ring (bicyclic) bond motifs is 1. The Balaban J connectivity index is 2.15. The van der Waals surface area contributed by atoms with E-state index in [0.717, 1.165) is 6.42 Å². The van der Waals surface area contributed by atoms with Gasteiger partial charge < -0.3 is 4.90 Å².